The first kappa shape index (κ1) is 40.7. The van der Waals surface area contributed by atoms with Crippen LogP contribution < -0.4 is 5.32 Å². The van der Waals surface area contributed by atoms with Crippen LogP contribution in [0.1, 0.15) is 195 Å². The van der Waals surface area contributed by atoms with Crippen molar-refractivity contribution in [3.63, 3.8) is 0 Å². The summed E-state index contributed by atoms with van der Waals surface area (Å²) in [5.41, 5.74) is 0. The van der Waals surface area contributed by atoms with Crippen molar-refractivity contribution >= 4 is 13.0 Å². The summed E-state index contributed by atoms with van der Waals surface area (Å²) in [6.45, 7) is 15.4. The van der Waals surface area contributed by atoms with Crippen molar-refractivity contribution in [2.45, 2.75) is 201 Å². The number of nitrogens with one attached hydrogen (secondary N) is 1. The summed E-state index contributed by atoms with van der Waals surface area (Å²) < 4.78 is 14.7. The molecule has 0 aromatic rings. The van der Waals surface area contributed by atoms with Crippen molar-refractivity contribution in [2.75, 3.05) is 12.3 Å². The summed E-state index contributed by atoms with van der Waals surface area (Å²) >= 11 is 0. The van der Waals surface area contributed by atoms with Gasteiger partial charge in [-0.05, 0) is 24.7 Å². The number of rotatable bonds is 31. The van der Waals surface area contributed by atoms with Crippen molar-refractivity contribution in [3.8, 4) is 0 Å². The fourth-order valence-electron chi connectivity index (χ4n) is 6.38. The van der Waals surface area contributed by atoms with Gasteiger partial charge in [0.15, 0.2) is 0 Å². The fourth-order valence-corrected chi connectivity index (χ4v) is 10.5. The van der Waals surface area contributed by atoms with E-state index in [1.165, 1.54) is 109 Å². The minimum absolute atomic E-state index is 0.0942. The highest BCUT2D eigenvalue weighted by Crippen LogP contribution is 2.55. The highest BCUT2D eigenvalue weighted by atomic mass is 31.2. The maximum Gasteiger partial charge on any atom is 0.220 e. The molecule has 0 fully saturated rings. The molecule has 0 aromatic carbocycles. The van der Waals surface area contributed by atoms with Crippen LogP contribution in [0.4, 0.5) is 0 Å². The van der Waals surface area contributed by atoms with Gasteiger partial charge in [0.2, 0.25) is 5.91 Å². The molecule has 0 rings (SSSR count). The largest absolute Gasteiger partial charge is 0.346 e. The van der Waals surface area contributed by atoms with Gasteiger partial charge in [0, 0.05) is 18.7 Å². The monoisotopic (exact) mass is 597 g/mol. The standard InChI is InChI=1S/C37H75NO2P/c1-7-13-16-17-18-19-20-21-22-23-24-25-26-27-28-31-36(39)38-37(12-6)41(40,32-34(10-4)29-14-8-2)33-35(11-5)30-15-9-3/h34-35,37H,6-33H2,1-5H3,(H,38,39). The first-order valence-corrected chi connectivity index (χ1v) is 20.7. The van der Waals surface area contributed by atoms with E-state index in [-0.39, 0.29) is 11.7 Å². The van der Waals surface area contributed by atoms with Crippen LogP contribution in [0.25, 0.3) is 0 Å². The lowest BCUT2D eigenvalue weighted by atomic mass is 10.0. The second-order valence-corrected chi connectivity index (χ2v) is 16.5. The van der Waals surface area contributed by atoms with Gasteiger partial charge in [-0.1, -0.05) is 183 Å². The topological polar surface area (TPSA) is 46.2 Å². The van der Waals surface area contributed by atoms with E-state index >= 15 is 0 Å². The van der Waals surface area contributed by atoms with E-state index in [0.717, 1.165) is 50.8 Å². The smallest absolute Gasteiger partial charge is 0.220 e. The summed E-state index contributed by atoms with van der Waals surface area (Å²) in [4.78, 5) is 13.0. The average Bonchev–Trinajstić information content (AvgIpc) is 2.97. The first-order valence-electron chi connectivity index (χ1n) is 18.6. The Morgan fingerprint density at radius 1 is 0.585 bits per heavy atom. The molecule has 0 aliphatic rings. The number of hydrogen-bond acceptors (Lipinski definition) is 2. The third kappa shape index (κ3) is 22.0. The van der Waals surface area contributed by atoms with Gasteiger partial charge in [-0.15, -0.1) is 0 Å². The molecule has 0 saturated carbocycles. The zero-order chi connectivity index (χ0) is 30.6. The van der Waals surface area contributed by atoms with Crippen LogP contribution in [-0.2, 0) is 9.36 Å². The molecule has 3 unspecified atom stereocenters. The predicted octanol–water partition coefficient (Wildman–Crippen LogP) is 12.7. The Bertz CT molecular complexity index is 600. The lowest BCUT2D eigenvalue weighted by molar-refractivity contribution is -0.121. The maximum absolute atomic E-state index is 14.7. The Morgan fingerprint density at radius 3 is 1.29 bits per heavy atom. The average molecular weight is 597 g/mol. The van der Waals surface area contributed by atoms with Gasteiger partial charge in [-0.3, -0.25) is 4.79 Å². The fraction of sp³-hybridized carbons (Fsp3) is 0.946. The van der Waals surface area contributed by atoms with E-state index in [1.54, 1.807) is 0 Å². The molecule has 1 amide bonds. The first-order chi connectivity index (χ1) is 19.9. The quantitative estimate of drug-likeness (QED) is 0.0639. The highest BCUT2D eigenvalue weighted by molar-refractivity contribution is 7.64. The second kappa shape index (κ2) is 28.5. The number of carbonyl (C=O) groups excluding carboxylic acids is 1. The van der Waals surface area contributed by atoms with Crippen LogP contribution >= 0.6 is 7.14 Å². The number of hydrogen-bond donors (Lipinski definition) is 1. The summed E-state index contributed by atoms with van der Waals surface area (Å²) in [5.74, 6) is 0.825. The van der Waals surface area contributed by atoms with Gasteiger partial charge in [0.05, 0.1) is 5.78 Å². The van der Waals surface area contributed by atoms with Crippen LogP contribution in [0.5, 0.6) is 0 Å². The molecule has 1 N–H and O–H groups in total. The summed E-state index contributed by atoms with van der Waals surface area (Å²) in [5, 5.41) is 3.26. The van der Waals surface area contributed by atoms with Crippen LogP contribution in [0.15, 0.2) is 0 Å². The molecular formula is C37H75NO2P. The highest BCUT2D eigenvalue weighted by Gasteiger charge is 2.36. The van der Waals surface area contributed by atoms with E-state index in [9.17, 15) is 9.36 Å². The van der Waals surface area contributed by atoms with Crippen LogP contribution in [0.2, 0.25) is 0 Å². The van der Waals surface area contributed by atoms with Crippen LogP contribution in [0.3, 0.4) is 0 Å². The molecule has 3 atom stereocenters. The number of amides is 1. The number of carbonyl (C=O) groups is 1. The molecule has 4 heteroatoms. The van der Waals surface area contributed by atoms with Crippen molar-refractivity contribution in [2.24, 2.45) is 11.8 Å². The minimum Gasteiger partial charge on any atom is -0.346 e. The Labute approximate surface area is 259 Å². The third-order valence-electron chi connectivity index (χ3n) is 9.40. The molecule has 0 aliphatic carbocycles. The van der Waals surface area contributed by atoms with E-state index in [2.05, 4.69) is 46.9 Å². The molecular weight excluding hydrogens is 521 g/mol. The molecule has 0 heterocycles. The van der Waals surface area contributed by atoms with E-state index in [4.69, 9.17) is 0 Å². The maximum atomic E-state index is 14.7. The third-order valence-corrected chi connectivity index (χ3v) is 13.2. The van der Waals surface area contributed by atoms with Gasteiger partial charge < -0.3 is 9.88 Å². The van der Waals surface area contributed by atoms with Gasteiger partial charge >= 0.3 is 0 Å². The molecule has 0 aromatic heterocycles. The molecule has 0 saturated heterocycles. The molecule has 245 valence electrons. The molecule has 0 bridgehead atoms. The lowest BCUT2D eigenvalue weighted by Crippen LogP contribution is -2.37. The van der Waals surface area contributed by atoms with Crippen molar-refractivity contribution in [1.29, 1.82) is 0 Å². The number of unbranched alkanes of at least 4 members (excludes halogenated alkanes) is 16. The zero-order valence-electron chi connectivity index (χ0n) is 28.8. The van der Waals surface area contributed by atoms with Crippen LogP contribution in [-0.4, -0.2) is 24.0 Å². The molecule has 0 aliphatic heterocycles. The molecule has 0 spiro atoms. The van der Waals surface area contributed by atoms with Gasteiger partial charge in [0.1, 0.15) is 7.14 Å². The Hall–Kier alpha value is -0.300. The SMILES string of the molecule is [CH2]CC(NC(=O)CCCCCCCCCCCCCCCCC)P(=O)(CC(CC)CCCC)CC(CC)CCCC. The summed E-state index contributed by atoms with van der Waals surface area (Å²) in [6.07, 6.45) is 31.8. The van der Waals surface area contributed by atoms with Gasteiger partial charge in [-0.25, -0.2) is 0 Å². The minimum atomic E-state index is -2.58. The van der Waals surface area contributed by atoms with E-state index in [1.807, 2.05) is 0 Å². The van der Waals surface area contributed by atoms with Crippen molar-refractivity contribution in [1.82, 2.24) is 5.32 Å². The normalized spacial score (nSPS) is 15.4. The summed E-state index contributed by atoms with van der Waals surface area (Å²) in [6, 6.07) is 0. The Morgan fingerprint density at radius 2 is 0.951 bits per heavy atom. The van der Waals surface area contributed by atoms with Crippen molar-refractivity contribution in [3.05, 3.63) is 6.92 Å². The Kier molecular flexibility index (Phi) is 28.3. The predicted molar refractivity (Wildman–Crippen MR) is 185 cm³/mol. The molecule has 1 radical (unpaired) electrons. The van der Waals surface area contributed by atoms with Gasteiger partial charge in [0.25, 0.3) is 0 Å². The van der Waals surface area contributed by atoms with E-state index < -0.39 is 7.14 Å². The molecule has 41 heavy (non-hydrogen) atoms. The van der Waals surface area contributed by atoms with Crippen molar-refractivity contribution < 1.29 is 9.36 Å². The zero-order valence-corrected chi connectivity index (χ0v) is 29.7. The summed E-state index contributed by atoms with van der Waals surface area (Å²) in [7, 11) is -2.58. The lowest BCUT2D eigenvalue weighted by Gasteiger charge is -2.33. The van der Waals surface area contributed by atoms with Gasteiger partial charge in [-0.2, -0.15) is 0 Å². The van der Waals surface area contributed by atoms with Crippen LogP contribution in [0, 0.1) is 18.8 Å². The van der Waals surface area contributed by atoms with E-state index in [0.29, 0.717) is 24.7 Å². The second-order valence-electron chi connectivity index (χ2n) is 13.2. The Balaban J connectivity index is 4.51. The molecule has 3 nitrogen and oxygen atoms in total.